The van der Waals surface area contributed by atoms with Crippen molar-refractivity contribution in [2.24, 2.45) is 0 Å². The lowest BCUT2D eigenvalue weighted by molar-refractivity contribution is 0.0988. The molecule has 0 aliphatic heterocycles. The zero-order chi connectivity index (χ0) is 10.6. The molecule has 0 bridgehead atoms. The van der Waals surface area contributed by atoms with Crippen molar-refractivity contribution in [1.29, 1.82) is 0 Å². The lowest BCUT2D eigenvalue weighted by Gasteiger charge is -2.06. The minimum Gasteiger partial charge on any atom is -0.307 e. The van der Waals surface area contributed by atoms with Gasteiger partial charge in [0.25, 0.3) is 0 Å². The van der Waals surface area contributed by atoms with Crippen LogP contribution in [0.15, 0.2) is 28.7 Å². The van der Waals surface area contributed by atoms with Crippen molar-refractivity contribution in [3.63, 3.8) is 0 Å². The summed E-state index contributed by atoms with van der Waals surface area (Å²) in [7, 11) is 0. The van der Waals surface area contributed by atoms with Crippen LogP contribution in [0.3, 0.4) is 0 Å². The highest BCUT2D eigenvalue weighted by molar-refractivity contribution is 9.10. The molecule has 14 heavy (non-hydrogen) atoms. The van der Waals surface area contributed by atoms with Gasteiger partial charge >= 0.3 is 0 Å². The summed E-state index contributed by atoms with van der Waals surface area (Å²) in [5, 5.41) is 3.10. The molecule has 1 aromatic carbocycles. The molecule has 0 fully saturated rings. The molecule has 0 aromatic heterocycles. The van der Waals surface area contributed by atoms with Crippen LogP contribution in [-0.4, -0.2) is 18.4 Å². The molecular formula is C11H14BrNO. The second-order valence-electron chi connectivity index (χ2n) is 3.47. The van der Waals surface area contributed by atoms with Crippen LogP contribution in [-0.2, 0) is 0 Å². The third kappa shape index (κ3) is 3.60. The van der Waals surface area contributed by atoms with Crippen molar-refractivity contribution < 1.29 is 4.79 Å². The van der Waals surface area contributed by atoms with E-state index in [1.54, 1.807) is 0 Å². The summed E-state index contributed by atoms with van der Waals surface area (Å²) in [6, 6.07) is 7.75. The predicted octanol–water partition coefficient (Wildman–Crippen LogP) is 2.63. The quantitative estimate of drug-likeness (QED) is 0.839. The van der Waals surface area contributed by atoms with E-state index in [0.717, 1.165) is 10.0 Å². The zero-order valence-electron chi connectivity index (χ0n) is 8.38. The van der Waals surface area contributed by atoms with E-state index in [0.29, 0.717) is 12.6 Å². The normalized spacial score (nSPS) is 10.6. The number of halogens is 1. The Morgan fingerprint density at radius 2 is 1.93 bits per heavy atom. The van der Waals surface area contributed by atoms with E-state index >= 15 is 0 Å². The van der Waals surface area contributed by atoms with Crippen LogP contribution in [0.1, 0.15) is 24.2 Å². The molecule has 0 saturated carbocycles. The first-order valence-electron chi connectivity index (χ1n) is 4.61. The smallest absolute Gasteiger partial charge is 0.176 e. The molecule has 3 heteroatoms. The van der Waals surface area contributed by atoms with Crippen molar-refractivity contribution >= 4 is 21.7 Å². The van der Waals surface area contributed by atoms with Crippen LogP contribution in [0.4, 0.5) is 0 Å². The predicted molar refractivity (Wildman–Crippen MR) is 61.6 cm³/mol. The highest BCUT2D eigenvalue weighted by Crippen LogP contribution is 2.10. The summed E-state index contributed by atoms with van der Waals surface area (Å²) < 4.78 is 0.992. The number of hydrogen-bond acceptors (Lipinski definition) is 2. The number of ketones is 1. The molecule has 1 rings (SSSR count). The van der Waals surface area contributed by atoms with Crippen LogP contribution >= 0.6 is 15.9 Å². The summed E-state index contributed by atoms with van der Waals surface area (Å²) >= 11 is 3.33. The molecule has 1 N–H and O–H groups in total. The standard InChI is InChI=1S/C11H14BrNO/c1-8(2)13-7-11(14)9-3-5-10(12)6-4-9/h3-6,8,13H,7H2,1-2H3. The molecule has 0 aliphatic rings. The van der Waals surface area contributed by atoms with Crippen molar-refractivity contribution in [1.82, 2.24) is 5.32 Å². The first-order valence-corrected chi connectivity index (χ1v) is 5.41. The maximum atomic E-state index is 11.6. The number of carbonyl (C=O) groups is 1. The van der Waals surface area contributed by atoms with Gasteiger partial charge in [-0.25, -0.2) is 0 Å². The van der Waals surface area contributed by atoms with Gasteiger partial charge in [0.05, 0.1) is 6.54 Å². The van der Waals surface area contributed by atoms with Crippen LogP contribution in [0.5, 0.6) is 0 Å². The van der Waals surface area contributed by atoms with Crippen LogP contribution < -0.4 is 5.32 Å². The molecule has 0 unspecified atom stereocenters. The molecule has 2 nitrogen and oxygen atoms in total. The number of nitrogens with one attached hydrogen (secondary N) is 1. The molecule has 0 amide bonds. The molecule has 76 valence electrons. The third-order valence-corrected chi connectivity index (χ3v) is 2.37. The topological polar surface area (TPSA) is 29.1 Å². The highest BCUT2D eigenvalue weighted by Gasteiger charge is 2.05. The van der Waals surface area contributed by atoms with E-state index in [1.807, 2.05) is 38.1 Å². The average molecular weight is 256 g/mol. The van der Waals surface area contributed by atoms with Gasteiger partial charge in [-0.15, -0.1) is 0 Å². The maximum absolute atomic E-state index is 11.6. The molecule has 0 atom stereocenters. The minimum atomic E-state index is 0.131. The van der Waals surface area contributed by atoms with Crippen molar-refractivity contribution in [3.05, 3.63) is 34.3 Å². The molecule has 0 spiro atoms. The monoisotopic (exact) mass is 255 g/mol. The Labute approximate surface area is 92.8 Å². The Hall–Kier alpha value is -0.670. The van der Waals surface area contributed by atoms with Crippen LogP contribution in [0.2, 0.25) is 0 Å². The minimum absolute atomic E-state index is 0.131. The van der Waals surface area contributed by atoms with E-state index in [1.165, 1.54) is 0 Å². The highest BCUT2D eigenvalue weighted by atomic mass is 79.9. The van der Waals surface area contributed by atoms with E-state index in [9.17, 15) is 4.79 Å². The summed E-state index contributed by atoms with van der Waals surface area (Å²) in [4.78, 5) is 11.6. The van der Waals surface area contributed by atoms with Crippen LogP contribution in [0, 0.1) is 0 Å². The molecule has 0 aliphatic carbocycles. The fourth-order valence-electron chi connectivity index (χ4n) is 1.03. The summed E-state index contributed by atoms with van der Waals surface area (Å²) in [5.41, 5.74) is 0.751. The molecule has 0 radical (unpaired) electrons. The fourth-order valence-corrected chi connectivity index (χ4v) is 1.30. The Kier molecular flexibility index (Phi) is 4.29. The number of Topliss-reactive ketones (excluding diaryl/α,β-unsaturated/α-hetero) is 1. The van der Waals surface area contributed by atoms with Gasteiger partial charge in [-0.2, -0.15) is 0 Å². The lowest BCUT2D eigenvalue weighted by atomic mass is 10.1. The van der Waals surface area contributed by atoms with Gasteiger partial charge in [0.15, 0.2) is 5.78 Å². The summed E-state index contributed by atoms with van der Waals surface area (Å²) in [6.07, 6.45) is 0. The van der Waals surface area contributed by atoms with Crippen molar-refractivity contribution in [3.8, 4) is 0 Å². The van der Waals surface area contributed by atoms with Gasteiger partial charge in [0.2, 0.25) is 0 Å². The van der Waals surface area contributed by atoms with Gasteiger partial charge in [-0.3, -0.25) is 4.79 Å². The van der Waals surface area contributed by atoms with Crippen molar-refractivity contribution in [2.75, 3.05) is 6.54 Å². The Balaban J connectivity index is 2.57. The lowest BCUT2D eigenvalue weighted by Crippen LogP contribution is -2.29. The van der Waals surface area contributed by atoms with Gasteiger partial charge in [-0.1, -0.05) is 41.9 Å². The summed E-state index contributed by atoms with van der Waals surface area (Å²) in [5.74, 6) is 0.131. The van der Waals surface area contributed by atoms with Gasteiger partial charge in [-0.05, 0) is 12.1 Å². The first-order chi connectivity index (χ1) is 6.59. The SMILES string of the molecule is CC(C)NCC(=O)c1ccc(Br)cc1. The Morgan fingerprint density at radius 1 is 1.36 bits per heavy atom. The third-order valence-electron chi connectivity index (χ3n) is 1.84. The second kappa shape index (κ2) is 5.27. The largest absolute Gasteiger partial charge is 0.307 e. The van der Waals surface area contributed by atoms with Crippen molar-refractivity contribution in [2.45, 2.75) is 19.9 Å². The molecular weight excluding hydrogens is 242 g/mol. The Morgan fingerprint density at radius 3 is 2.43 bits per heavy atom. The van der Waals surface area contributed by atoms with E-state index in [-0.39, 0.29) is 5.78 Å². The number of rotatable bonds is 4. The zero-order valence-corrected chi connectivity index (χ0v) is 9.97. The molecule has 0 heterocycles. The van der Waals surface area contributed by atoms with Gasteiger partial charge < -0.3 is 5.32 Å². The first kappa shape index (κ1) is 11.4. The maximum Gasteiger partial charge on any atom is 0.176 e. The van der Waals surface area contributed by atoms with E-state index in [4.69, 9.17) is 0 Å². The average Bonchev–Trinajstić information content (AvgIpc) is 2.15. The molecule has 0 saturated heterocycles. The van der Waals surface area contributed by atoms with E-state index < -0.39 is 0 Å². The Bertz CT molecular complexity index is 306. The molecule has 1 aromatic rings. The fraction of sp³-hybridized carbons (Fsp3) is 0.364. The van der Waals surface area contributed by atoms with Crippen LogP contribution in [0.25, 0.3) is 0 Å². The number of benzene rings is 1. The van der Waals surface area contributed by atoms with Gasteiger partial charge in [0.1, 0.15) is 0 Å². The number of carbonyl (C=O) groups excluding carboxylic acids is 1. The van der Waals surface area contributed by atoms with Gasteiger partial charge in [0, 0.05) is 16.1 Å². The summed E-state index contributed by atoms with van der Waals surface area (Å²) in [6.45, 7) is 4.45. The number of hydrogen-bond donors (Lipinski definition) is 1. The second-order valence-corrected chi connectivity index (χ2v) is 4.38. The van der Waals surface area contributed by atoms with E-state index in [2.05, 4.69) is 21.2 Å².